The first-order valence-corrected chi connectivity index (χ1v) is 13.1. The molecule has 1 aromatic heterocycles. The first-order valence-electron chi connectivity index (χ1n) is 10.5. The number of aromatic nitrogens is 1. The molecule has 162 valence electrons. The number of amides is 1. The maximum Gasteiger partial charge on any atom is 0.251 e. The van der Waals surface area contributed by atoms with Gasteiger partial charge < -0.3 is 5.32 Å². The van der Waals surface area contributed by atoms with Gasteiger partial charge in [-0.05, 0) is 56.7 Å². The van der Waals surface area contributed by atoms with Crippen LogP contribution in [0.2, 0.25) is 5.02 Å². The third-order valence-corrected chi connectivity index (χ3v) is 9.24. The number of nitrogens with one attached hydrogen (secondary N) is 1. The summed E-state index contributed by atoms with van der Waals surface area (Å²) in [6.07, 6.45) is 7.99. The van der Waals surface area contributed by atoms with Gasteiger partial charge in [0.1, 0.15) is 4.90 Å². The van der Waals surface area contributed by atoms with Crippen molar-refractivity contribution in [2.24, 2.45) is 0 Å². The molecule has 9 heteroatoms. The summed E-state index contributed by atoms with van der Waals surface area (Å²) in [6.45, 7) is 1.45. The van der Waals surface area contributed by atoms with Gasteiger partial charge in [0.25, 0.3) is 5.91 Å². The zero-order valence-electron chi connectivity index (χ0n) is 16.8. The molecule has 1 aliphatic carbocycles. The van der Waals surface area contributed by atoms with Crippen LogP contribution in [0.3, 0.4) is 0 Å². The molecule has 0 atom stereocenters. The van der Waals surface area contributed by atoms with E-state index in [1.54, 1.807) is 17.4 Å². The molecule has 0 bridgehead atoms. The number of thiazole rings is 1. The number of aryl methyl sites for hydroxylation is 2. The van der Waals surface area contributed by atoms with Crippen molar-refractivity contribution < 1.29 is 13.2 Å². The number of benzene rings is 1. The minimum Gasteiger partial charge on any atom is -0.352 e. The van der Waals surface area contributed by atoms with Crippen molar-refractivity contribution in [1.82, 2.24) is 14.6 Å². The van der Waals surface area contributed by atoms with Gasteiger partial charge in [-0.15, -0.1) is 11.3 Å². The SMILES string of the molecule is O=C(NCCc1nc2c(s1)CCCC2)c1ccc(Cl)c(S(=O)(=O)N2CCCCC2)c1. The number of rotatable bonds is 6. The molecule has 1 amide bonds. The average Bonchev–Trinajstić information content (AvgIpc) is 3.17. The van der Waals surface area contributed by atoms with E-state index in [-0.39, 0.29) is 15.8 Å². The lowest BCUT2D eigenvalue weighted by atomic mass is 10.0. The number of piperidine rings is 1. The van der Waals surface area contributed by atoms with Crippen LogP contribution in [0.1, 0.15) is 58.0 Å². The second kappa shape index (κ2) is 9.34. The monoisotopic (exact) mass is 467 g/mol. The lowest BCUT2D eigenvalue weighted by molar-refractivity contribution is 0.0954. The highest BCUT2D eigenvalue weighted by molar-refractivity contribution is 7.89. The van der Waals surface area contributed by atoms with E-state index in [0.29, 0.717) is 31.6 Å². The molecule has 4 rings (SSSR count). The van der Waals surface area contributed by atoms with Crippen molar-refractivity contribution in [2.75, 3.05) is 19.6 Å². The van der Waals surface area contributed by atoms with Gasteiger partial charge in [0.2, 0.25) is 10.0 Å². The lowest BCUT2D eigenvalue weighted by Crippen LogP contribution is -2.36. The maximum atomic E-state index is 13.0. The van der Waals surface area contributed by atoms with E-state index >= 15 is 0 Å². The van der Waals surface area contributed by atoms with Gasteiger partial charge in [0.15, 0.2) is 0 Å². The highest BCUT2D eigenvalue weighted by Crippen LogP contribution is 2.28. The molecular formula is C21H26ClN3O3S2. The minimum atomic E-state index is -3.70. The Morgan fingerprint density at radius 1 is 1.13 bits per heavy atom. The Morgan fingerprint density at radius 2 is 1.90 bits per heavy atom. The first kappa shape index (κ1) is 21.7. The van der Waals surface area contributed by atoms with E-state index < -0.39 is 10.0 Å². The number of hydrogen-bond donors (Lipinski definition) is 1. The molecule has 0 saturated carbocycles. The highest BCUT2D eigenvalue weighted by atomic mass is 35.5. The van der Waals surface area contributed by atoms with Crippen LogP contribution in [0, 0.1) is 0 Å². The second-order valence-electron chi connectivity index (χ2n) is 7.80. The van der Waals surface area contributed by atoms with Crippen LogP contribution in [-0.4, -0.2) is 43.2 Å². The Balaban J connectivity index is 1.41. The molecule has 1 aromatic carbocycles. The van der Waals surface area contributed by atoms with Crippen molar-refractivity contribution in [3.05, 3.63) is 44.4 Å². The van der Waals surface area contributed by atoms with Gasteiger partial charge in [0.05, 0.1) is 15.7 Å². The van der Waals surface area contributed by atoms with Crippen molar-refractivity contribution in [2.45, 2.75) is 56.3 Å². The molecule has 30 heavy (non-hydrogen) atoms. The van der Waals surface area contributed by atoms with E-state index in [2.05, 4.69) is 5.32 Å². The fraction of sp³-hybridized carbons (Fsp3) is 0.524. The Kier molecular flexibility index (Phi) is 6.77. The fourth-order valence-corrected chi connectivity index (χ4v) is 7.16. The van der Waals surface area contributed by atoms with Gasteiger partial charge in [-0.25, -0.2) is 13.4 Å². The predicted molar refractivity (Wildman–Crippen MR) is 119 cm³/mol. The molecule has 2 aliphatic rings. The number of hydrogen-bond acceptors (Lipinski definition) is 5. The molecule has 1 N–H and O–H groups in total. The van der Waals surface area contributed by atoms with Crippen LogP contribution in [0.15, 0.2) is 23.1 Å². The molecule has 2 aromatic rings. The van der Waals surface area contributed by atoms with Crippen LogP contribution < -0.4 is 5.32 Å². The normalized spacial score (nSPS) is 17.5. The maximum absolute atomic E-state index is 13.0. The third kappa shape index (κ3) is 4.72. The van der Waals surface area contributed by atoms with E-state index in [4.69, 9.17) is 16.6 Å². The van der Waals surface area contributed by atoms with E-state index in [1.165, 1.54) is 39.9 Å². The highest BCUT2D eigenvalue weighted by Gasteiger charge is 2.28. The van der Waals surface area contributed by atoms with Crippen LogP contribution >= 0.6 is 22.9 Å². The largest absolute Gasteiger partial charge is 0.352 e. The fourth-order valence-electron chi connectivity index (χ4n) is 3.98. The van der Waals surface area contributed by atoms with Gasteiger partial charge >= 0.3 is 0 Å². The average molecular weight is 468 g/mol. The van der Waals surface area contributed by atoms with Crippen LogP contribution in [-0.2, 0) is 29.3 Å². The summed E-state index contributed by atoms with van der Waals surface area (Å²) >= 11 is 7.94. The summed E-state index contributed by atoms with van der Waals surface area (Å²) in [4.78, 5) is 18.7. The number of nitrogens with zero attached hydrogens (tertiary/aromatic N) is 2. The Bertz CT molecular complexity index is 1010. The molecule has 1 fully saturated rings. The molecule has 0 spiro atoms. The number of halogens is 1. The third-order valence-electron chi connectivity index (χ3n) is 5.64. The van der Waals surface area contributed by atoms with Gasteiger partial charge in [-0.3, -0.25) is 4.79 Å². The summed E-state index contributed by atoms with van der Waals surface area (Å²) in [5, 5.41) is 4.07. The lowest BCUT2D eigenvalue weighted by Gasteiger charge is -2.26. The summed E-state index contributed by atoms with van der Waals surface area (Å²) in [5.41, 5.74) is 1.52. The molecule has 2 heterocycles. The Labute approximate surface area is 186 Å². The summed E-state index contributed by atoms with van der Waals surface area (Å²) in [7, 11) is -3.70. The number of fused-ring (bicyclic) bond motifs is 1. The number of sulfonamides is 1. The minimum absolute atomic E-state index is 0.00585. The molecule has 1 aliphatic heterocycles. The Hall–Kier alpha value is -1.48. The van der Waals surface area contributed by atoms with Crippen LogP contribution in [0.4, 0.5) is 0 Å². The quantitative estimate of drug-likeness (QED) is 0.700. The van der Waals surface area contributed by atoms with Crippen molar-refractivity contribution in [1.29, 1.82) is 0 Å². The molecular weight excluding hydrogens is 442 g/mol. The van der Waals surface area contributed by atoms with Gasteiger partial charge in [0, 0.05) is 36.5 Å². The molecule has 6 nitrogen and oxygen atoms in total. The van der Waals surface area contributed by atoms with Crippen molar-refractivity contribution in [3.63, 3.8) is 0 Å². The number of carbonyl (C=O) groups excluding carboxylic acids is 1. The van der Waals surface area contributed by atoms with Crippen molar-refractivity contribution in [3.8, 4) is 0 Å². The predicted octanol–water partition coefficient (Wildman–Crippen LogP) is 3.82. The first-order chi connectivity index (χ1) is 14.4. The molecule has 1 saturated heterocycles. The zero-order valence-corrected chi connectivity index (χ0v) is 19.2. The summed E-state index contributed by atoms with van der Waals surface area (Å²) in [6, 6.07) is 4.45. The molecule has 0 radical (unpaired) electrons. The topological polar surface area (TPSA) is 79.4 Å². The summed E-state index contributed by atoms with van der Waals surface area (Å²) < 4.78 is 27.4. The second-order valence-corrected chi connectivity index (χ2v) is 11.3. The van der Waals surface area contributed by atoms with Gasteiger partial charge in [-0.2, -0.15) is 4.31 Å². The van der Waals surface area contributed by atoms with Crippen molar-refractivity contribution >= 4 is 38.9 Å². The summed E-state index contributed by atoms with van der Waals surface area (Å²) in [5.74, 6) is -0.303. The van der Waals surface area contributed by atoms with Gasteiger partial charge in [-0.1, -0.05) is 18.0 Å². The number of carbonyl (C=O) groups is 1. The Morgan fingerprint density at radius 3 is 2.67 bits per heavy atom. The van der Waals surface area contributed by atoms with E-state index in [0.717, 1.165) is 37.1 Å². The standard InChI is InChI=1S/C21H26ClN3O3S2/c22-16-9-8-15(14-19(16)30(27,28)25-12-4-1-5-13-25)21(26)23-11-10-20-24-17-6-2-3-7-18(17)29-20/h8-9,14H,1-7,10-13H2,(H,23,26). The molecule has 0 unspecified atom stereocenters. The van der Waals surface area contributed by atoms with Crippen LogP contribution in [0.5, 0.6) is 0 Å². The van der Waals surface area contributed by atoms with E-state index in [9.17, 15) is 13.2 Å². The van der Waals surface area contributed by atoms with E-state index in [1.807, 2.05) is 0 Å². The van der Waals surface area contributed by atoms with Crippen LogP contribution in [0.25, 0.3) is 0 Å². The zero-order chi connectivity index (χ0) is 21.1. The smallest absolute Gasteiger partial charge is 0.251 e.